The molecule has 0 aliphatic carbocycles. The van der Waals surface area contributed by atoms with Crippen molar-refractivity contribution >= 4 is 34.7 Å². The normalized spacial score (nSPS) is 12.2. The third-order valence-corrected chi connectivity index (χ3v) is 3.88. The van der Waals surface area contributed by atoms with Gasteiger partial charge in [0, 0.05) is 5.56 Å². The second-order valence-electron chi connectivity index (χ2n) is 4.38. The van der Waals surface area contributed by atoms with E-state index in [-0.39, 0.29) is 0 Å². The maximum Gasteiger partial charge on any atom is 0.326 e. The standard InChI is InChI=1S/C14H16N2O4S/c1-2-21-6-5-10(14(18)19)16-13(17)9-3-4-12-11(7-9)15-8-20-12/h3-4,7-8,10H,2,5-6H2,1H3,(H,16,17)(H,18,19). The summed E-state index contributed by atoms with van der Waals surface area (Å²) in [6.45, 7) is 2.01. The molecule has 1 aromatic carbocycles. The Hall–Kier alpha value is -2.02. The number of carboxylic acids is 1. The fourth-order valence-electron chi connectivity index (χ4n) is 1.84. The Balaban J connectivity index is 2.05. The van der Waals surface area contributed by atoms with E-state index in [2.05, 4.69) is 10.3 Å². The van der Waals surface area contributed by atoms with Gasteiger partial charge in [0.2, 0.25) is 0 Å². The van der Waals surface area contributed by atoms with Crippen LogP contribution < -0.4 is 5.32 Å². The van der Waals surface area contributed by atoms with Crippen LogP contribution in [0.3, 0.4) is 0 Å². The molecule has 2 N–H and O–H groups in total. The lowest BCUT2D eigenvalue weighted by Crippen LogP contribution is -2.41. The van der Waals surface area contributed by atoms with Crippen LogP contribution in [0.25, 0.3) is 11.1 Å². The van der Waals surface area contributed by atoms with E-state index >= 15 is 0 Å². The molecular formula is C14H16N2O4S. The van der Waals surface area contributed by atoms with Crippen molar-refractivity contribution in [1.29, 1.82) is 0 Å². The molecule has 0 aliphatic rings. The summed E-state index contributed by atoms with van der Waals surface area (Å²) in [5, 5.41) is 11.7. The summed E-state index contributed by atoms with van der Waals surface area (Å²) >= 11 is 1.64. The van der Waals surface area contributed by atoms with Gasteiger partial charge in [-0.3, -0.25) is 4.79 Å². The number of amides is 1. The molecule has 112 valence electrons. The average molecular weight is 308 g/mol. The van der Waals surface area contributed by atoms with E-state index in [1.807, 2.05) is 6.92 Å². The molecule has 21 heavy (non-hydrogen) atoms. The number of carboxylic acid groups (broad SMARTS) is 1. The summed E-state index contributed by atoms with van der Waals surface area (Å²) in [5.74, 6) is 0.162. The van der Waals surface area contributed by atoms with Gasteiger partial charge in [0.15, 0.2) is 12.0 Å². The number of hydrogen-bond acceptors (Lipinski definition) is 5. The van der Waals surface area contributed by atoms with Gasteiger partial charge < -0.3 is 14.8 Å². The molecule has 1 unspecified atom stereocenters. The minimum absolute atomic E-state index is 0.366. The molecule has 1 heterocycles. The number of aliphatic carboxylic acids is 1. The number of carbonyl (C=O) groups excluding carboxylic acids is 1. The van der Waals surface area contributed by atoms with Crippen molar-refractivity contribution in [2.24, 2.45) is 0 Å². The first-order valence-electron chi connectivity index (χ1n) is 6.56. The van der Waals surface area contributed by atoms with Gasteiger partial charge in [0.25, 0.3) is 5.91 Å². The zero-order valence-electron chi connectivity index (χ0n) is 11.5. The molecule has 1 amide bonds. The van der Waals surface area contributed by atoms with E-state index < -0.39 is 17.9 Å². The molecule has 2 aromatic rings. The maximum atomic E-state index is 12.1. The SMILES string of the molecule is CCSCCC(NC(=O)c1ccc2ocnc2c1)C(=O)O. The Morgan fingerprint density at radius 3 is 3.00 bits per heavy atom. The number of thioether (sulfide) groups is 1. The topological polar surface area (TPSA) is 92.4 Å². The van der Waals surface area contributed by atoms with Crippen LogP contribution in [0.5, 0.6) is 0 Å². The quantitative estimate of drug-likeness (QED) is 0.761. The first kappa shape index (κ1) is 15.4. The van der Waals surface area contributed by atoms with E-state index in [0.29, 0.717) is 28.8 Å². The molecule has 2 rings (SSSR count). The molecule has 0 saturated carbocycles. The van der Waals surface area contributed by atoms with Crippen molar-refractivity contribution in [3.8, 4) is 0 Å². The highest BCUT2D eigenvalue weighted by Crippen LogP contribution is 2.14. The summed E-state index contributed by atoms with van der Waals surface area (Å²) in [6, 6.07) is 3.92. The van der Waals surface area contributed by atoms with Gasteiger partial charge in [-0.05, 0) is 36.1 Å². The molecule has 6 nitrogen and oxygen atoms in total. The largest absolute Gasteiger partial charge is 0.480 e. The smallest absolute Gasteiger partial charge is 0.326 e. The van der Waals surface area contributed by atoms with E-state index in [9.17, 15) is 9.59 Å². The first-order chi connectivity index (χ1) is 10.1. The van der Waals surface area contributed by atoms with Crippen molar-refractivity contribution in [2.75, 3.05) is 11.5 Å². The Morgan fingerprint density at radius 1 is 1.48 bits per heavy atom. The zero-order valence-corrected chi connectivity index (χ0v) is 12.4. The third-order valence-electron chi connectivity index (χ3n) is 2.95. The fraction of sp³-hybridized carbons (Fsp3) is 0.357. The van der Waals surface area contributed by atoms with Crippen molar-refractivity contribution in [2.45, 2.75) is 19.4 Å². The fourth-order valence-corrected chi connectivity index (χ4v) is 2.53. The molecule has 0 fully saturated rings. The molecule has 0 saturated heterocycles. The average Bonchev–Trinajstić information content (AvgIpc) is 2.93. The number of nitrogens with zero attached hydrogens (tertiary/aromatic N) is 1. The van der Waals surface area contributed by atoms with Gasteiger partial charge in [-0.15, -0.1) is 0 Å². The number of oxazole rings is 1. The highest BCUT2D eigenvalue weighted by Gasteiger charge is 2.20. The van der Waals surface area contributed by atoms with Crippen LogP contribution in [-0.2, 0) is 4.79 Å². The number of carbonyl (C=O) groups is 2. The molecule has 1 aromatic heterocycles. The Bertz CT molecular complexity index is 641. The second-order valence-corrected chi connectivity index (χ2v) is 5.78. The van der Waals surface area contributed by atoms with Crippen LogP contribution in [0.4, 0.5) is 0 Å². The number of hydrogen-bond donors (Lipinski definition) is 2. The highest BCUT2D eigenvalue weighted by molar-refractivity contribution is 7.99. The molecule has 1 atom stereocenters. The third kappa shape index (κ3) is 3.98. The van der Waals surface area contributed by atoms with Crippen molar-refractivity contribution < 1.29 is 19.1 Å². The van der Waals surface area contributed by atoms with Gasteiger partial charge >= 0.3 is 5.97 Å². The highest BCUT2D eigenvalue weighted by atomic mass is 32.2. The van der Waals surface area contributed by atoms with Gasteiger partial charge in [-0.1, -0.05) is 6.92 Å². The molecule has 0 aliphatic heterocycles. The molecule has 7 heteroatoms. The van der Waals surface area contributed by atoms with Gasteiger partial charge in [-0.25, -0.2) is 9.78 Å². The van der Waals surface area contributed by atoms with Crippen LogP contribution in [0, 0.1) is 0 Å². The van der Waals surface area contributed by atoms with Crippen molar-refractivity contribution in [3.05, 3.63) is 30.2 Å². The van der Waals surface area contributed by atoms with Crippen LogP contribution in [-0.4, -0.2) is 39.5 Å². The number of nitrogens with one attached hydrogen (secondary N) is 1. The number of benzene rings is 1. The van der Waals surface area contributed by atoms with Gasteiger partial charge in [0.1, 0.15) is 11.6 Å². The predicted molar refractivity (Wildman–Crippen MR) is 80.5 cm³/mol. The Morgan fingerprint density at radius 2 is 2.29 bits per heavy atom. The van der Waals surface area contributed by atoms with E-state index in [1.165, 1.54) is 6.39 Å². The van der Waals surface area contributed by atoms with E-state index in [0.717, 1.165) is 5.75 Å². The Labute approximate surface area is 125 Å². The monoisotopic (exact) mass is 308 g/mol. The zero-order chi connectivity index (χ0) is 15.2. The minimum atomic E-state index is -1.03. The summed E-state index contributed by atoms with van der Waals surface area (Å²) in [5.41, 5.74) is 1.52. The summed E-state index contributed by atoms with van der Waals surface area (Å²) < 4.78 is 5.10. The van der Waals surface area contributed by atoms with Crippen LogP contribution in [0.1, 0.15) is 23.7 Å². The predicted octanol–water partition coefficient (Wildman–Crippen LogP) is 2.15. The number of fused-ring (bicyclic) bond motifs is 1. The van der Waals surface area contributed by atoms with E-state index in [4.69, 9.17) is 9.52 Å². The maximum absolute atomic E-state index is 12.1. The van der Waals surface area contributed by atoms with Gasteiger partial charge in [0.05, 0.1) is 0 Å². The second kappa shape index (κ2) is 7.12. The molecule has 0 bridgehead atoms. The van der Waals surface area contributed by atoms with Crippen LogP contribution in [0.15, 0.2) is 29.0 Å². The summed E-state index contributed by atoms with van der Waals surface area (Å²) in [4.78, 5) is 27.3. The van der Waals surface area contributed by atoms with E-state index in [1.54, 1.807) is 30.0 Å². The van der Waals surface area contributed by atoms with Crippen LogP contribution in [0.2, 0.25) is 0 Å². The minimum Gasteiger partial charge on any atom is -0.480 e. The lowest BCUT2D eigenvalue weighted by Gasteiger charge is -2.14. The Kier molecular flexibility index (Phi) is 5.21. The molecule has 0 spiro atoms. The molecular weight excluding hydrogens is 292 g/mol. The lowest BCUT2D eigenvalue weighted by molar-refractivity contribution is -0.139. The lowest BCUT2D eigenvalue weighted by atomic mass is 10.1. The van der Waals surface area contributed by atoms with Crippen molar-refractivity contribution in [1.82, 2.24) is 10.3 Å². The number of aromatic nitrogens is 1. The molecule has 0 radical (unpaired) electrons. The van der Waals surface area contributed by atoms with Crippen molar-refractivity contribution in [3.63, 3.8) is 0 Å². The summed E-state index contributed by atoms with van der Waals surface area (Å²) in [7, 11) is 0. The first-order valence-corrected chi connectivity index (χ1v) is 7.72. The number of rotatable bonds is 7. The van der Waals surface area contributed by atoms with Crippen LogP contribution >= 0.6 is 11.8 Å². The van der Waals surface area contributed by atoms with Gasteiger partial charge in [-0.2, -0.15) is 11.8 Å². The summed E-state index contributed by atoms with van der Waals surface area (Å²) in [6.07, 6.45) is 1.69.